The average molecular weight is 394 g/mol. The number of allylic oxidation sites excluding steroid dienone is 5. The Kier molecular flexibility index (Phi) is 3.52. The Morgan fingerprint density at radius 2 is 1.83 bits per heavy atom. The van der Waals surface area contributed by atoms with Crippen molar-refractivity contribution in [1.82, 2.24) is 0 Å². The molecule has 2 aliphatic carbocycles. The molecule has 113 valence electrons. The normalized spacial score (nSPS) is 24.6. The number of rotatable bonds is 0. The average Bonchev–Trinajstić information content (AvgIpc) is 3.18. The number of fused-ring (bicyclic) bond motifs is 1. The van der Waals surface area contributed by atoms with Crippen LogP contribution in [0.3, 0.4) is 0 Å². The van der Waals surface area contributed by atoms with Crippen LogP contribution < -0.4 is 0 Å². The SMILES string of the molecule is CC1=C2C3=CC=NC3=C1[Si]2(C)C.CC1=Cc2ccccc2[CH]1[Zr]. The predicted molar refractivity (Wildman–Crippen MR) is 96.6 cm³/mol. The van der Waals surface area contributed by atoms with Gasteiger partial charge in [0, 0.05) is 11.8 Å². The first kappa shape index (κ1) is 15.5. The second kappa shape index (κ2) is 5.22. The quantitative estimate of drug-likeness (QED) is 0.546. The molecular formula is C20H20NSiZr. The molecule has 1 atom stereocenters. The van der Waals surface area contributed by atoms with Crippen molar-refractivity contribution in [2.45, 2.75) is 30.6 Å². The van der Waals surface area contributed by atoms with E-state index < -0.39 is 8.07 Å². The van der Waals surface area contributed by atoms with Crippen LogP contribution in [0.5, 0.6) is 0 Å². The van der Waals surface area contributed by atoms with Crippen LogP contribution >= 0.6 is 0 Å². The van der Waals surface area contributed by atoms with E-state index in [1.165, 1.54) is 33.5 Å². The maximum atomic E-state index is 4.42. The Labute approximate surface area is 154 Å². The second-order valence-electron chi connectivity index (χ2n) is 7.16. The van der Waals surface area contributed by atoms with Gasteiger partial charge in [-0.15, -0.1) is 0 Å². The molecule has 0 saturated heterocycles. The van der Waals surface area contributed by atoms with Gasteiger partial charge in [0.2, 0.25) is 0 Å². The molecule has 1 aromatic rings. The van der Waals surface area contributed by atoms with Crippen LogP contribution in [0, 0.1) is 0 Å². The molecule has 0 amide bonds. The van der Waals surface area contributed by atoms with Crippen LogP contribution in [0.1, 0.15) is 28.6 Å². The molecule has 3 heterocycles. The van der Waals surface area contributed by atoms with Gasteiger partial charge in [-0.1, -0.05) is 13.1 Å². The van der Waals surface area contributed by atoms with E-state index in [1.54, 1.807) is 35.1 Å². The minimum atomic E-state index is -1.13. The molecule has 0 aromatic heterocycles. The zero-order chi connectivity index (χ0) is 16.4. The molecule has 1 unspecified atom stereocenters. The third-order valence-electron chi connectivity index (χ3n) is 5.35. The number of benzene rings is 1. The van der Waals surface area contributed by atoms with E-state index in [0.29, 0.717) is 0 Å². The molecule has 6 rings (SSSR count). The van der Waals surface area contributed by atoms with Crippen molar-refractivity contribution in [3.8, 4) is 0 Å². The van der Waals surface area contributed by atoms with Crippen LogP contribution in [-0.4, -0.2) is 14.3 Å². The number of aliphatic imine (C=N–C) groups is 1. The topological polar surface area (TPSA) is 12.4 Å². The summed E-state index contributed by atoms with van der Waals surface area (Å²) in [6.07, 6.45) is 6.40. The fraction of sp³-hybridized carbons (Fsp3) is 0.250. The van der Waals surface area contributed by atoms with Crippen molar-refractivity contribution in [2.75, 3.05) is 0 Å². The summed E-state index contributed by atoms with van der Waals surface area (Å²) in [5.41, 5.74) is 8.74. The summed E-state index contributed by atoms with van der Waals surface area (Å²) in [6.45, 7) is 9.31. The summed E-state index contributed by atoms with van der Waals surface area (Å²) in [5, 5.41) is 3.27. The Hall–Kier alpha value is -1.05. The van der Waals surface area contributed by atoms with Gasteiger partial charge < -0.3 is 0 Å². The van der Waals surface area contributed by atoms with E-state index in [9.17, 15) is 0 Å². The van der Waals surface area contributed by atoms with E-state index in [-0.39, 0.29) is 0 Å². The van der Waals surface area contributed by atoms with Crippen molar-refractivity contribution < 1.29 is 24.7 Å². The summed E-state index contributed by atoms with van der Waals surface area (Å²) < 4.78 is 0.721. The zero-order valence-electron chi connectivity index (χ0n) is 14.1. The van der Waals surface area contributed by atoms with Crippen molar-refractivity contribution in [3.05, 3.63) is 74.3 Å². The van der Waals surface area contributed by atoms with Crippen LogP contribution in [-0.2, 0) is 24.7 Å². The van der Waals surface area contributed by atoms with E-state index in [0.717, 1.165) is 3.63 Å². The molecule has 0 N–H and O–H groups in total. The maximum absolute atomic E-state index is 4.42. The third-order valence-corrected chi connectivity index (χ3v) is 11.0. The zero-order valence-corrected chi connectivity index (χ0v) is 17.5. The molecule has 23 heavy (non-hydrogen) atoms. The second-order valence-corrected chi connectivity index (χ2v) is 12.8. The fourth-order valence-corrected chi connectivity index (χ4v) is 9.06. The fourth-order valence-electron chi connectivity index (χ4n) is 4.35. The van der Waals surface area contributed by atoms with Gasteiger partial charge in [0.05, 0.1) is 5.70 Å². The summed E-state index contributed by atoms with van der Waals surface area (Å²) in [6, 6.07) is 8.67. The first-order valence-electron chi connectivity index (χ1n) is 8.12. The van der Waals surface area contributed by atoms with Crippen LogP contribution in [0.15, 0.2) is 68.1 Å². The van der Waals surface area contributed by atoms with E-state index in [4.69, 9.17) is 0 Å². The Bertz CT molecular complexity index is 881. The van der Waals surface area contributed by atoms with Crippen molar-refractivity contribution in [3.63, 3.8) is 0 Å². The molecule has 2 bridgehead atoms. The van der Waals surface area contributed by atoms with E-state index in [1.807, 2.05) is 6.21 Å². The molecular weight excluding hydrogens is 374 g/mol. The van der Waals surface area contributed by atoms with E-state index in [2.05, 4.69) is 68.4 Å². The Morgan fingerprint density at radius 3 is 2.48 bits per heavy atom. The minimum absolute atomic E-state index is 0.721. The third kappa shape index (κ3) is 2.09. The summed E-state index contributed by atoms with van der Waals surface area (Å²) in [4.78, 5) is 4.42. The van der Waals surface area contributed by atoms with Gasteiger partial charge in [-0.2, -0.15) is 0 Å². The molecule has 3 aliphatic heterocycles. The van der Waals surface area contributed by atoms with E-state index >= 15 is 0 Å². The van der Waals surface area contributed by atoms with Crippen molar-refractivity contribution in [1.29, 1.82) is 0 Å². The Balaban J connectivity index is 0.000000118. The van der Waals surface area contributed by atoms with Gasteiger partial charge in [-0.25, -0.2) is 0 Å². The number of hydrogen-bond acceptors (Lipinski definition) is 1. The van der Waals surface area contributed by atoms with Crippen LogP contribution in [0.4, 0.5) is 0 Å². The van der Waals surface area contributed by atoms with Gasteiger partial charge in [0.15, 0.2) is 0 Å². The number of hydrogen-bond donors (Lipinski definition) is 0. The summed E-state index contributed by atoms with van der Waals surface area (Å²) in [5.74, 6) is 0. The summed E-state index contributed by atoms with van der Waals surface area (Å²) in [7, 11) is -1.13. The first-order chi connectivity index (χ1) is 10.9. The van der Waals surface area contributed by atoms with Crippen LogP contribution in [0.25, 0.3) is 6.08 Å². The van der Waals surface area contributed by atoms with Gasteiger partial charge >= 0.3 is 82.3 Å². The monoisotopic (exact) mass is 392 g/mol. The molecule has 0 saturated carbocycles. The van der Waals surface area contributed by atoms with Gasteiger partial charge in [0.25, 0.3) is 0 Å². The first-order valence-corrected chi connectivity index (χ1v) is 12.5. The van der Waals surface area contributed by atoms with Gasteiger partial charge in [-0.05, 0) is 29.0 Å². The standard InChI is InChI=1S/C10H11NSi.C10H9.Zr/c1-6-9-7-4-5-11-8(7)10(6)12(9,2)3;1-8-6-9-4-2-3-5-10(9)7-8;/h4-5H,1-3H3;2-7H,1H3;. The summed E-state index contributed by atoms with van der Waals surface area (Å²) >= 11 is 1.60. The molecule has 0 fully saturated rings. The van der Waals surface area contributed by atoms with Crippen molar-refractivity contribution >= 4 is 20.4 Å². The Morgan fingerprint density at radius 1 is 1.09 bits per heavy atom. The van der Waals surface area contributed by atoms with Crippen LogP contribution in [0.2, 0.25) is 13.1 Å². The molecule has 0 spiro atoms. The van der Waals surface area contributed by atoms with Crippen molar-refractivity contribution in [2.24, 2.45) is 4.99 Å². The molecule has 1 aromatic carbocycles. The molecule has 5 aliphatic rings. The van der Waals surface area contributed by atoms with Gasteiger partial charge in [-0.3, -0.25) is 4.99 Å². The molecule has 3 heteroatoms. The predicted octanol–water partition coefficient (Wildman–Crippen LogP) is 5.07. The molecule has 0 radical (unpaired) electrons. The van der Waals surface area contributed by atoms with Gasteiger partial charge in [0.1, 0.15) is 8.07 Å². The number of nitrogens with zero attached hydrogens (tertiary/aromatic N) is 1. The molecule has 1 nitrogen and oxygen atoms in total.